The summed E-state index contributed by atoms with van der Waals surface area (Å²) in [5, 5.41) is 10.0. The van der Waals surface area contributed by atoms with Gasteiger partial charge >= 0.3 is 6.09 Å². The SMILES string of the molecule is CCCCOCC(O)CC1CN(C(=O)OC(C)(C)C)CCC1=O. The summed E-state index contributed by atoms with van der Waals surface area (Å²) in [7, 11) is 0. The molecule has 23 heavy (non-hydrogen) atoms. The van der Waals surface area contributed by atoms with Gasteiger partial charge in [0.1, 0.15) is 11.4 Å². The highest BCUT2D eigenvalue weighted by molar-refractivity contribution is 5.84. The Hall–Kier alpha value is -1.14. The quantitative estimate of drug-likeness (QED) is 0.726. The molecule has 0 aliphatic carbocycles. The van der Waals surface area contributed by atoms with E-state index in [4.69, 9.17) is 9.47 Å². The summed E-state index contributed by atoms with van der Waals surface area (Å²) in [6, 6.07) is 0. The molecule has 0 spiro atoms. The number of Topliss-reactive ketones (excluding diaryl/α,β-unsaturated/α-hetero) is 1. The number of carbonyl (C=O) groups excluding carboxylic acids is 2. The van der Waals surface area contributed by atoms with Crippen LogP contribution >= 0.6 is 0 Å². The molecule has 1 aliphatic rings. The van der Waals surface area contributed by atoms with Gasteiger partial charge in [-0.05, 0) is 33.6 Å². The third-order valence-corrected chi connectivity index (χ3v) is 3.68. The minimum absolute atomic E-state index is 0.0948. The molecule has 0 aromatic rings. The molecule has 2 atom stereocenters. The maximum atomic E-state index is 12.1. The van der Waals surface area contributed by atoms with Gasteiger partial charge in [0, 0.05) is 32.0 Å². The van der Waals surface area contributed by atoms with Gasteiger partial charge in [-0.2, -0.15) is 0 Å². The monoisotopic (exact) mass is 329 g/mol. The Morgan fingerprint density at radius 1 is 1.43 bits per heavy atom. The summed E-state index contributed by atoms with van der Waals surface area (Å²) in [5.41, 5.74) is -0.555. The van der Waals surface area contributed by atoms with Crippen LogP contribution < -0.4 is 0 Å². The summed E-state index contributed by atoms with van der Waals surface area (Å²) in [4.78, 5) is 25.7. The predicted octanol–water partition coefficient (Wildman–Crippen LogP) is 2.38. The molecule has 1 heterocycles. The van der Waals surface area contributed by atoms with Crippen LogP contribution in [0, 0.1) is 5.92 Å². The zero-order valence-corrected chi connectivity index (χ0v) is 14.8. The molecule has 1 rings (SSSR count). The number of unbranched alkanes of at least 4 members (excludes halogenated alkanes) is 1. The topological polar surface area (TPSA) is 76.1 Å². The molecule has 0 bridgehead atoms. The Morgan fingerprint density at radius 3 is 2.74 bits per heavy atom. The van der Waals surface area contributed by atoms with Crippen LogP contribution in [0.3, 0.4) is 0 Å². The molecule has 6 heteroatoms. The molecule has 6 nitrogen and oxygen atoms in total. The van der Waals surface area contributed by atoms with Crippen molar-refractivity contribution in [1.29, 1.82) is 0 Å². The summed E-state index contributed by atoms with van der Waals surface area (Å²) in [6.07, 6.45) is 1.56. The molecule has 1 N–H and O–H groups in total. The number of ketones is 1. The van der Waals surface area contributed by atoms with Crippen molar-refractivity contribution in [2.75, 3.05) is 26.3 Å². The molecule has 0 radical (unpaired) electrons. The van der Waals surface area contributed by atoms with Crippen LogP contribution in [0.4, 0.5) is 4.79 Å². The highest BCUT2D eigenvalue weighted by Crippen LogP contribution is 2.20. The number of amides is 1. The Morgan fingerprint density at radius 2 is 2.13 bits per heavy atom. The van der Waals surface area contributed by atoms with Gasteiger partial charge in [0.2, 0.25) is 0 Å². The smallest absolute Gasteiger partial charge is 0.410 e. The lowest BCUT2D eigenvalue weighted by Gasteiger charge is -2.34. The van der Waals surface area contributed by atoms with E-state index in [9.17, 15) is 14.7 Å². The van der Waals surface area contributed by atoms with E-state index >= 15 is 0 Å². The van der Waals surface area contributed by atoms with Crippen LogP contribution in [0.5, 0.6) is 0 Å². The maximum Gasteiger partial charge on any atom is 0.410 e. The zero-order chi connectivity index (χ0) is 17.5. The number of piperidine rings is 1. The molecular weight excluding hydrogens is 298 g/mol. The van der Waals surface area contributed by atoms with Gasteiger partial charge in [0.05, 0.1) is 12.7 Å². The van der Waals surface area contributed by atoms with Crippen LogP contribution in [0.15, 0.2) is 0 Å². The summed E-state index contributed by atoms with van der Waals surface area (Å²) in [5.74, 6) is -0.251. The van der Waals surface area contributed by atoms with E-state index in [0.717, 1.165) is 12.8 Å². The molecule has 1 amide bonds. The molecule has 1 saturated heterocycles. The van der Waals surface area contributed by atoms with Crippen molar-refractivity contribution in [2.24, 2.45) is 5.92 Å². The lowest BCUT2D eigenvalue weighted by atomic mass is 9.91. The lowest BCUT2D eigenvalue weighted by Crippen LogP contribution is -2.47. The second kappa shape index (κ2) is 9.23. The van der Waals surface area contributed by atoms with Crippen LogP contribution in [-0.4, -0.2) is 59.9 Å². The van der Waals surface area contributed by atoms with Crippen molar-refractivity contribution >= 4 is 11.9 Å². The first-order valence-electron chi connectivity index (χ1n) is 8.49. The van der Waals surface area contributed by atoms with E-state index in [1.807, 2.05) is 20.8 Å². The summed E-state index contributed by atoms with van der Waals surface area (Å²) >= 11 is 0. The fourth-order valence-corrected chi connectivity index (χ4v) is 2.47. The van der Waals surface area contributed by atoms with Crippen LogP contribution in [0.2, 0.25) is 0 Å². The predicted molar refractivity (Wildman–Crippen MR) is 87.3 cm³/mol. The molecule has 0 aromatic carbocycles. The van der Waals surface area contributed by atoms with E-state index in [-0.39, 0.29) is 18.3 Å². The normalized spacial score (nSPS) is 20.5. The number of rotatable bonds is 7. The number of ether oxygens (including phenoxy) is 2. The van der Waals surface area contributed by atoms with Crippen molar-refractivity contribution in [3.63, 3.8) is 0 Å². The summed E-state index contributed by atoms with van der Waals surface area (Å²) in [6.45, 7) is 9.06. The fourth-order valence-electron chi connectivity index (χ4n) is 2.47. The first kappa shape index (κ1) is 19.9. The van der Waals surface area contributed by atoms with Gasteiger partial charge < -0.3 is 19.5 Å². The van der Waals surface area contributed by atoms with Gasteiger partial charge in [-0.15, -0.1) is 0 Å². The average Bonchev–Trinajstić information content (AvgIpc) is 2.44. The highest BCUT2D eigenvalue weighted by atomic mass is 16.6. The van der Waals surface area contributed by atoms with Crippen molar-refractivity contribution in [2.45, 2.75) is 65.1 Å². The van der Waals surface area contributed by atoms with Crippen LogP contribution in [0.25, 0.3) is 0 Å². The number of hydrogen-bond acceptors (Lipinski definition) is 5. The number of hydrogen-bond donors (Lipinski definition) is 1. The Labute approximate surface area is 139 Å². The van der Waals surface area contributed by atoms with E-state index in [1.54, 1.807) is 4.90 Å². The number of carbonyl (C=O) groups is 2. The summed E-state index contributed by atoms with van der Waals surface area (Å²) < 4.78 is 10.7. The fraction of sp³-hybridized carbons (Fsp3) is 0.882. The van der Waals surface area contributed by atoms with E-state index in [0.29, 0.717) is 32.5 Å². The van der Waals surface area contributed by atoms with Gasteiger partial charge in [-0.1, -0.05) is 13.3 Å². The van der Waals surface area contributed by atoms with Gasteiger partial charge in [0.15, 0.2) is 0 Å². The molecule has 0 aromatic heterocycles. The van der Waals surface area contributed by atoms with Gasteiger partial charge in [0.25, 0.3) is 0 Å². The van der Waals surface area contributed by atoms with Gasteiger partial charge in [-0.25, -0.2) is 4.79 Å². The minimum atomic E-state index is -0.681. The maximum absolute atomic E-state index is 12.1. The Kier molecular flexibility index (Phi) is 7.99. The third kappa shape index (κ3) is 7.79. The average molecular weight is 329 g/mol. The van der Waals surface area contributed by atoms with E-state index in [1.165, 1.54) is 0 Å². The first-order chi connectivity index (χ1) is 10.7. The molecular formula is C17H31NO5. The molecule has 1 aliphatic heterocycles. The molecule has 134 valence electrons. The van der Waals surface area contributed by atoms with Crippen molar-refractivity contribution < 1.29 is 24.2 Å². The van der Waals surface area contributed by atoms with E-state index in [2.05, 4.69) is 6.92 Å². The number of nitrogens with zero attached hydrogens (tertiary/aromatic N) is 1. The van der Waals surface area contributed by atoms with Gasteiger partial charge in [-0.3, -0.25) is 4.79 Å². The standard InChI is InChI=1S/C17H31NO5/c1-5-6-9-22-12-14(19)10-13-11-18(8-7-15(13)20)16(21)23-17(2,3)4/h13-14,19H,5-12H2,1-4H3. The molecule has 1 fully saturated rings. The highest BCUT2D eigenvalue weighted by Gasteiger charge is 2.33. The van der Waals surface area contributed by atoms with E-state index < -0.39 is 17.8 Å². The third-order valence-electron chi connectivity index (χ3n) is 3.68. The molecule has 0 saturated carbocycles. The van der Waals surface area contributed by atoms with Crippen LogP contribution in [0.1, 0.15) is 53.4 Å². The van der Waals surface area contributed by atoms with Crippen molar-refractivity contribution in [3.8, 4) is 0 Å². The Balaban J connectivity index is 2.44. The second-order valence-electron chi connectivity index (χ2n) is 7.16. The number of aliphatic hydroxyl groups excluding tert-OH is 1. The minimum Gasteiger partial charge on any atom is -0.444 e. The lowest BCUT2D eigenvalue weighted by molar-refractivity contribution is -0.127. The zero-order valence-electron chi connectivity index (χ0n) is 14.8. The van der Waals surface area contributed by atoms with Crippen molar-refractivity contribution in [1.82, 2.24) is 4.90 Å². The van der Waals surface area contributed by atoms with Crippen LogP contribution in [-0.2, 0) is 14.3 Å². The number of aliphatic hydroxyl groups is 1. The molecule has 2 unspecified atom stereocenters. The first-order valence-corrected chi connectivity index (χ1v) is 8.49. The Bertz CT molecular complexity index is 391. The number of likely N-dealkylation sites (tertiary alicyclic amines) is 1. The van der Waals surface area contributed by atoms with Crippen molar-refractivity contribution in [3.05, 3.63) is 0 Å². The second-order valence-corrected chi connectivity index (χ2v) is 7.16. The largest absolute Gasteiger partial charge is 0.444 e.